The number of ether oxygens (including phenoxy) is 2. The van der Waals surface area contributed by atoms with Crippen LogP contribution in [0.3, 0.4) is 0 Å². The number of carbonyl (C=O) groups is 1. The Hall–Kier alpha value is -1.68. The van der Waals surface area contributed by atoms with Crippen molar-refractivity contribution in [1.82, 2.24) is 4.72 Å². The fraction of sp³-hybridized carbons (Fsp3) is 0.588. The highest BCUT2D eigenvalue weighted by atomic mass is 32.2. The molecule has 0 aliphatic carbocycles. The second kappa shape index (κ2) is 9.86. The van der Waals surface area contributed by atoms with Crippen molar-refractivity contribution in [3.63, 3.8) is 0 Å². The van der Waals surface area contributed by atoms with E-state index in [0.717, 1.165) is 12.8 Å². The number of anilines is 1. The SMILES string of the molecule is CCOCCCNc1ccc(C(=O)O)cc1S(=O)(=O)NCC1CCCO1. The molecule has 1 unspecified atom stereocenters. The zero-order valence-corrected chi connectivity index (χ0v) is 15.7. The quantitative estimate of drug-likeness (QED) is 0.496. The Morgan fingerprint density at radius 2 is 2.23 bits per heavy atom. The largest absolute Gasteiger partial charge is 0.478 e. The van der Waals surface area contributed by atoms with Crippen molar-refractivity contribution in [2.24, 2.45) is 0 Å². The summed E-state index contributed by atoms with van der Waals surface area (Å²) in [4.78, 5) is 11.1. The van der Waals surface area contributed by atoms with Crippen LogP contribution >= 0.6 is 0 Å². The fourth-order valence-electron chi connectivity index (χ4n) is 2.65. The maximum absolute atomic E-state index is 12.7. The second-order valence-electron chi connectivity index (χ2n) is 5.98. The van der Waals surface area contributed by atoms with Gasteiger partial charge in [-0.1, -0.05) is 0 Å². The van der Waals surface area contributed by atoms with E-state index in [0.29, 0.717) is 38.5 Å². The van der Waals surface area contributed by atoms with Gasteiger partial charge in [0.15, 0.2) is 0 Å². The monoisotopic (exact) mass is 386 g/mol. The summed E-state index contributed by atoms with van der Waals surface area (Å²) in [5.41, 5.74) is 0.286. The first-order chi connectivity index (χ1) is 12.4. The molecule has 146 valence electrons. The molecule has 1 heterocycles. The van der Waals surface area contributed by atoms with Crippen molar-refractivity contribution >= 4 is 21.7 Å². The minimum atomic E-state index is -3.87. The Bertz CT molecular complexity index is 701. The van der Waals surface area contributed by atoms with Gasteiger partial charge in [-0.15, -0.1) is 0 Å². The molecule has 2 rings (SSSR count). The highest BCUT2D eigenvalue weighted by Gasteiger charge is 2.23. The van der Waals surface area contributed by atoms with Crippen LogP contribution in [0.5, 0.6) is 0 Å². The summed E-state index contributed by atoms with van der Waals surface area (Å²) in [6.45, 7) is 4.41. The standard InChI is InChI=1S/C17H26N2O6S/c1-2-24-9-4-8-18-15-7-6-13(17(20)21)11-16(15)26(22,23)19-12-14-5-3-10-25-14/h6-7,11,14,18-19H,2-5,8-10,12H2,1H3,(H,20,21). The van der Waals surface area contributed by atoms with E-state index in [1.807, 2.05) is 6.92 Å². The molecule has 26 heavy (non-hydrogen) atoms. The lowest BCUT2D eigenvalue weighted by molar-refractivity contribution is 0.0696. The predicted octanol–water partition coefficient (Wildman–Crippen LogP) is 1.68. The predicted molar refractivity (Wildman–Crippen MR) is 97.2 cm³/mol. The maximum Gasteiger partial charge on any atom is 0.335 e. The van der Waals surface area contributed by atoms with Crippen LogP contribution in [-0.2, 0) is 19.5 Å². The van der Waals surface area contributed by atoms with Crippen molar-refractivity contribution < 1.29 is 27.8 Å². The van der Waals surface area contributed by atoms with Crippen LogP contribution in [0.25, 0.3) is 0 Å². The smallest absolute Gasteiger partial charge is 0.335 e. The van der Waals surface area contributed by atoms with Gasteiger partial charge in [-0.25, -0.2) is 17.9 Å². The van der Waals surface area contributed by atoms with Crippen molar-refractivity contribution in [1.29, 1.82) is 0 Å². The van der Waals surface area contributed by atoms with E-state index in [9.17, 15) is 13.2 Å². The summed E-state index contributed by atoms with van der Waals surface area (Å²) < 4.78 is 38.6. The highest BCUT2D eigenvalue weighted by Crippen LogP contribution is 2.23. The molecule has 8 nitrogen and oxygen atoms in total. The molecule has 0 amide bonds. The van der Waals surface area contributed by atoms with Crippen molar-refractivity contribution in [2.75, 3.05) is 38.2 Å². The van der Waals surface area contributed by atoms with Gasteiger partial charge in [0.2, 0.25) is 10.0 Å². The highest BCUT2D eigenvalue weighted by molar-refractivity contribution is 7.89. The number of carboxylic acid groups (broad SMARTS) is 1. The molecule has 1 aromatic rings. The van der Waals surface area contributed by atoms with E-state index < -0.39 is 16.0 Å². The van der Waals surface area contributed by atoms with Gasteiger partial charge in [-0.05, 0) is 44.4 Å². The van der Waals surface area contributed by atoms with Crippen LogP contribution in [0.15, 0.2) is 23.1 Å². The van der Waals surface area contributed by atoms with Gasteiger partial charge >= 0.3 is 5.97 Å². The van der Waals surface area contributed by atoms with Gasteiger partial charge in [0.1, 0.15) is 4.90 Å². The number of benzene rings is 1. The normalized spacial score (nSPS) is 17.3. The summed E-state index contributed by atoms with van der Waals surface area (Å²) in [5.74, 6) is -1.18. The molecule has 0 bridgehead atoms. The third kappa shape index (κ3) is 5.94. The summed E-state index contributed by atoms with van der Waals surface area (Å²) in [5, 5.41) is 12.2. The topological polar surface area (TPSA) is 114 Å². The van der Waals surface area contributed by atoms with Gasteiger partial charge in [0.25, 0.3) is 0 Å². The summed E-state index contributed by atoms with van der Waals surface area (Å²) in [7, 11) is -3.87. The molecule has 9 heteroatoms. The number of hydrogen-bond donors (Lipinski definition) is 3. The van der Waals surface area contributed by atoms with E-state index in [1.54, 1.807) is 0 Å². The van der Waals surface area contributed by atoms with Crippen LogP contribution < -0.4 is 10.0 Å². The van der Waals surface area contributed by atoms with E-state index in [1.165, 1.54) is 18.2 Å². The fourth-order valence-corrected chi connectivity index (χ4v) is 3.92. The number of hydrogen-bond acceptors (Lipinski definition) is 6. The number of aromatic carboxylic acids is 1. The lowest BCUT2D eigenvalue weighted by atomic mass is 10.2. The van der Waals surface area contributed by atoms with Gasteiger partial charge < -0.3 is 19.9 Å². The van der Waals surface area contributed by atoms with Crippen molar-refractivity contribution in [3.8, 4) is 0 Å². The number of rotatable bonds is 11. The van der Waals surface area contributed by atoms with Crippen molar-refractivity contribution in [3.05, 3.63) is 23.8 Å². The minimum absolute atomic E-state index is 0.0770. The molecule has 0 aromatic heterocycles. The van der Waals surface area contributed by atoms with Gasteiger partial charge in [0, 0.05) is 32.9 Å². The first-order valence-electron chi connectivity index (χ1n) is 8.74. The van der Waals surface area contributed by atoms with E-state index in [4.69, 9.17) is 14.6 Å². The molecule has 3 N–H and O–H groups in total. The Morgan fingerprint density at radius 1 is 1.42 bits per heavy atom. The number of carboxylic acids is 1. The second-order valence-corrected chi connectivity index (χ2v) is 7.72. The van der Waals surface area contributed by atoms with Crippen LogP contribution in [0.4, 0.5) is 5.69 Å². The van der Waals surface area contributed by atoms with Crippen LogP contribution in [0, 0.1) is 0 Å². The van der Waals surface area contributed by atoms with E-state index >= 15 is 0 Å². The van der Waals surface area contributed by atoms with E-state index in [-0.39, 0.29) is 23.1 Å². The maximum atomic E-state index is 12.7. The average Bonchev–Trinajstić information content (AvgIpc) is 3.13. The molecule has 1 aliphatic heterocycles. The number of sulfonamides is 1. The Labute approximate surface area is 153 Å². The van der Waals surface area contributed by atoms with E-state index in [2.05, 4.69) is 10.0 Å². The van der Waals surface area contributed by atoms with Gasteiger partial charge in [-0.3, -0.25) is 0 Å². The zero-order valence-electron chi connectivity index (χ0n) is 14.9. The Kier molecular flexibility index (Phi) is 7.83. The van der Waals surface area contributed by atoms with Gasteiger partial charge in [-0.2, -0.15) is 0 Å². The van der Waals surface area contributed by atoms with Gasteiger partial charge in [0.05, 0.1) is 17.4 Å². The molecule has 1 atom stereocenters. The molecular weight excluding hydrogens is 360 g/mol. The molecule has 0 saturated carbocycles. The summed E-state index contributed by atoms with van der Waals surface area (Å²) in [6.07, 6.45) is 2.28. The summed E-state index contributed by atoms with van der Waals surface area (Å²) in [6, 6.07) is 4.03. The first-order valence-corrected chi connectivity index (χ1v) is 10.2. The number of nitrogens with one attached hydrogen (secondary N) is 2. The first kappa shape index (κ1) is 20.6. The Balaban J connectivity index is 2.12. The lowest BCUT2D eigenvalue weighted by Crippen LogP contribution is -2.32. The molecule has 1 saturated heterocycles. The minimum Gasteiger partial charge on any atom is -0.478 e. The molecular formula is C17H26N2O6S. The lowest BCUT2D eigenvalue weighted by Gasteiger charge is -2.16. The average molecular weight is 386 g/mol. The van der Waals surface area contributed by atoms with Crippen LogP contribution in [0.1, 0.15) is 36.5 Å². The third-order valence-corrected chi connectivity index (χ3v) is 5.49. The molecule has 1 aliphatic rings. The summed E-state index contributed by atoms with van der Waals surface area (Å²) >= 11 is 0. The third-order valence-electron chi connectivity index (χ3n) is 4.03. The molecule has 1 aromatic carbocycles. The zero-order chi connectivity index (χ0) is 19.0. The Morgan fingerprint density at radius 3 is 2.88 bits per heavy atom. The molecule has 0 radical (unpaired) electrons. The van der Waals surface area contributed by atoms with Crippen LogP contribution in [0.2, 0.25) is 0 Å². The molecule has 1 fully saturated rings. The van der Waals surface area contributed by atoms with Crippen LogP contribution in [-0.4, -0.2) is 58.5 Å². The van der Waals surface area contributed by atoms with Crippen molar-refractivity contribution in [2.45, 2.75) is 37.2 Å². The molecule has 0 spiro atoms.